The van der Waals surface area contributed by atoms with Crippen molar-refractivity contribution >= 4 is 17.6 Å². The van der Waals surface area contributed by atoms with Gasteiger partial charge in [0, 0.05) is 30.6 Å². The number of hydrogen-bond donors (Lipinski definition) is 2. The molecule has 0 radical (unpaired) electrons. The molecule has 0 spiro atoms. The van der Waals surface area contributed by atoms with Gasteiger partial charge in [-0.15, -0.1) is 6.42 Å². The van der Waals surface area contributed by atoms with Gasteiger partial charge >= 0.3 is 0 Å². The highest BCUT2D eigenvalue weighted by Crippen LogP contribution is 2.18. The van der Waals surface area contributed by atoms with Crippen molar-refractivity contribution in [3.63, 3.8) is 0 Å². The monoisotopic (exact) mass is 317 g/mol. The average molecular weight is 318 g/mol. The van der Waals surface area contributed by atoms with E-state index in [1.807, 2.05) is 12.1 Å². The Morgan fingerprint density at radius 1 is 1.36 bits per heavy atom. The second-order valence-corrected chi connectivity index (χ2v) is 4.76. The lowest BCUT2D eigenvalue weighted by molar-refractivity contribution is 0.378. The van der Waals surface area contributed by atoms with Crippen LogP contribution in [0, 0.1) is 12.3 Å². The van der Waals surface area contributed by atoms with Gasteiger partial charge in [0.25, 0.3) is 0 Å². The smallest absolute Gasteiger partial charge is 0.228 e. The molecule has 22 heavy (non-hydrogen) atoms. The molecule has 1 aromatic heterocycles. The molecular formula is C15H16ClN5O. The largest absolute Gasteiger partial charge is 0.356 e. The van der Waals surface area contributed by atoms with Crippen molar-refractivity contribution in [2.45, 2.75) is 6.42 Å². The van der Waals surface area contributed by atoms with Crippen LogP contribution in [0.5, 0.6) is 0 Å². The molecule has 0 atom stereocenters. The van der Waals surface area contributed by atoms with Gasteiger partial charge < -0.3 is 15.2 Å². The third kappa shape index (κ3) is 4.50. The van der Waals surface area contributed by atoms with Crippen molar-refractivity contribution in [3.05, 3.63) is 35.2 Å². The highest BCUT2D eigenvalue weighted by Gasteiger charge is 2.08. The summed E-state index contributed by atoms with van der Waals surface area (Å²) in [7, 11) is 1.68. The summed E-state index contributed by atoms with van der Waals surface area (Å²) >= 11 is 5.85. The van der Waals surface area contributed by atoms with E-state index >= 15 is 0 Å². The van der Waals surface area contributed by atoms with E-state index in [9.17, 15) is 0 Å². The fraction of sp³-hybridized carbons (Fsp3) is 0.267. The molecule has 2 rings (SSSR count). The zero-order valence-corrected chi connectivity index (χ0v) is 12.9. The molecule has 0 bridgehead atoms. The highest BCUT2D eigenvalue weighted by molar-refractivity contribution is 6.30. The molecule has 2 N–H and O–H groups in total. The van der Waals surface area contributed by atoms with E-state index in [1.54, 1.807) is 19.2 Å². The number of guanidine groups is 1. The Morgan fingerprint density at radius 2 is 2.14 bits per heavy atom. The third-order valence-corrected chi connectivity index (χ3v) is 3.04. The third-order valence-electron chi connectivity index (χ3n) is 2.78. The normalized spacial score (nSPS) is 11.0. The van der Waals surface area contributed by atoms with E-state index < -0.39 is 0 Å². The topological polar surface area (TPSA) is 75.3 Å². The Morgan fingerprint density at radius 3 is 2.82 bits per heavy atom. The number of halogens is 1. The van der Waals surface area contributed by atoms with Crippen LogP contribution in [0.2, 0.25) is 5.02 Å². The standard InChI is InChI=1S/C15H16ClN5O/c1-3-9-18-15(17-2)19-10-8-13-20-14(21-22-13)11-4-6-12(16)7-5-11/h1,4-7H,8-10H2,2H3,(H2,17,18,19). The first-order chi connectivity index (χ1) is 10.7. The molecule has 0 aliphatic rings. The zero-order valence-electron chi connectivity index (χ0n) is 12.1. The van der Waals surface area contributed by atoms with Gasteiger partial charge in [-0.3, -0.25) is 4.99 Å². The molecule has 0 saturated carbocycles. The number of nitrogens with zero attached hydrogens (tertiary/aromatic N) is 3. The Balaban J connectivity index is 1.87. The summed E-state index contributed by atoms with van der Waals surface area (Å²) in [4.78, 5) is 8.38. The van der Waals surface area contributed by atoms with Gasteiger partial charge in [0.1, 0.15) is 0 Å². The van der Waals surface area contributed by atoms with Crippen molar-refractivity contribution in [1.29, 1.82) is 0 Å². The second-order valence-electron chi connectivity index (χ2n) is 4.33. The van der Waals surface area contributed by atoms with Crippen LogP contribution < -0.4 is 10.6 Å². The quantitative estimate of drug-likeness (QED) is 0.499. The Labute approximate surface area is 134 Å². The predicted octanol–water partition coefficient (Wildman–Crippen LogP) is 1.73. The van der Waals surface area contributed by atoms with Gasteiger partial charge in [0.05, 0.1) is 6.54 Å². The lowest BCUT2D eigenvalue weighted by Gasteiger charge is -2.08. The number of rotatable bonds is 5. The van der Waals surface area contributed by atoms with E-state index in [0.717, 1.165) is 5.56 Å². The van der Waals surface area contributed by atoms with Crippen LogP contribution in [0.25, 0.3) is 11.4 Å². The van der Waals surface area contributed by atoms with E-state index in [0.29, 0.717) is 42.2 Å². The maximum atomic E-state index is 5.85. The fourth-order valence-corrected chi connectivity index (χ4v) is 1.84. The van der Waals surface area contributed by atoms with Crippen molar-refractivity contribution < 1.29 is 4.52 Å². The summed E-state index contributed by atoms with van der Waals surface area (Å²) in [5, 5.41) is 10.7. The molecule has 0 amide bonds. The molecule has 6 nitrogen and oxygen atoms in total. The van der Waals surface area contributed by atoms with Crippen molar-refractivity contribution in [2.75, 3.05) is 20.1 Å². The molecular weight excluding hydrogens is 302 g/mol. The molecule has 0 unspecified atom stereocenters. The summed E-state index contributed by atoms with van der Waals surface area (Å²) in [6.07, 6.45) is 5.76. The van der Waals surface area contributed by atoms with Gasteiger partial charge in [0.15, 0.2) is 5.96 Å². The van der Waals surface area contributed by atoms with Crippen LogP contribution in [0.3, 0.4) is 0 Å². The molecule has 2 aromatic rings. The maximum absolute atomic E-state index is 5.85. The summed E-state index contributed by atoms with van der Waals surface area (Å²) in [5.41, 5.74) is 0.860. The minimum atomic E-state index is 0.418. The van der Waals surface area contributed by atoms with Crippen molar-refractivity contribution in [3.8, 4) is 23.7 Å². The maximum Gasteiger partial charge on any atom is 0.228 e. The van der Waals surface area contributed by atoms with Crippen LogP contribution in [-0.4, -0.2) is 36.2 Å². The number of terminal acetylenes is 1. The minimum absolute atomic E-state index is 0.418. The first-order valence-electron chi connectivity index (χ1n) is 6.69. The summed E-state index contributed by atoms with van der Waals surface area (Å²) < 4.78 is 5.22. The summed E-state index contributed by atoms with van der Waals surface area (Å²) in [6, 6.07) is 7.27. The van der Waals surface area contributed by atoms with Crippen LogP contribution >= 0.6 is 11.6 Å². The molecule has 0 aliphatic carbocycles. The van der Waals surface area contributed by atoms with Crippen LogP contribution in [0.4, 0.5) is 0 Å². The second kappa shape index (κ2) is 8.05. The van der Waals surface area contributed by atoms with E-state index in [2.05, 4.69) is 31.7 Å². The minimum Gasteiger partial charge on any atom is -0.356 e. The van der Waals surface area contributed by atoms with Gasteiger partial charge in [-0.2, -0.15) is 4.98 Å². The Hall–Kier alpha value is -2.52. The molecule has 0 fully saturated rings. The summed E-state index contributed by atoms with van der Waals surface area (Å²) in [6.45, 7) is 1.02. The molecule has 1 heterocycles. The van der Waals surface area contributed by atoms with E-state index in [1.165, 1.54) is 0 Å². The number of aliphatic imine (C=N–C) groups is 1. The van der Waals surface area contributed by atoms with Gasteiger partial charge in [-0.25, -0.2) is 0 Å². The zero-order chi connectivity index (χ0) is 15.8. The van der Waals surface area contributed by atoms with E-state index in [4.69, 9.17) is 22.5 Å². The molecule has 0 saturated heterocycles. The van der Waals surface area contributed by atoms with Gasteiger partial charge in [-0.1, -0.05) is 22.7 Å². The molecule has 7 heteroatoms. The van der Waals surface area contributed by atoms with Gasteiger partial charge in [0.2, 0.25) is 11.7 Å². The summed E-state index contributed by atoms with van der Waals surface area (Å²) in [5.74, 6) is 4.21. The van der Waals surface area contributed by atoms with Gasteiger partial charge in [-0.05, 0) is 24.3 Å². The average Bonchev–Trinajstić information content (AvgIpc) is 3.00. The van der Waals surface area contributed by atoms with Crippen molar-refractivity contribution in [1.82, 2.24) is 20.8 Å². The van der Waals surface area contributed by atoms with Crippen LogP contribution in [-0.2, 0) is 6.42 Å². The van der Waals surface area contributed by atoms with Crippen molar-refractivity contribution in [2.24, 2.45) is 4.99 Å². The number of hydrogen-bond acceptors (Lipinski definition) is 4. The predicted molar refractivity (Wildman–Crippen MR) is 86.6 cm³/mol. The van der Waals surface area contributed by atoms with Crippen LogP contribution in [0.15, 0.2) is 33.8 Å². The lowest BCUT2D eigenvalue weighted by Crippen LogP contribution is -2.38. The Kier molecular flexibility index (Phi) is 5.81. The molecule has 0 aliphatic heterocycles. The molecule has 1 aromatic carbocycles. The Bertz CT molecular complexity index is 672. The van der Waals surface area contributed by atoms with Crippen LogP contribution in [0.1, 0.15) is 5.89 Å². The number of nitrogens with one attached hydrogen (secondary N) is 2. The SMILES string of the molecule is C#CCNC(=NC)NCCc1nc(-c2ccc(Cl)cc2)no1. The first-order valence-corrected chi connectivity index (χ1v) is 7.07. The number of aromatic nitrogens is 2. The van der Waals surface area contributed by atoms with E-state index in [-0.39, 0.29) is 0 Å². The number of benzene rings is 1. The first kappa shape index (κ1) is 15.9. The highest BCUT2D eigenvalue weighted by atomic mass is 35.5. The molecule has 114 valence electrons. The fourth-order valence-electron chi connectivity index (χ4n) is 1.72. The lowest BCUT2D eigenvalue weighted by atomic mass is 10.2.